The van der Waals surface area contributed by atoms with Crippen molar-refractivity contribution in [2.24, 2.45) is 0 Å². The maximum absolute atomic E-state index is 12.6. The van der Waals surface area contributed by atoms with E-state index >= 15 is 0 Å². The number of nitrogens with one attached hydrogen (secondary N) is 1. The Hall–Kier alpha value is -3.11. The molecule has 0 bridgehead atoms. The molecule has 4 rings (SSSR count). The van der Waals surface area contributed by atoms with Crippen LogP contribution in [0.1, 0.15) is 0 Å². The fourth-order valence-corrected chi connectivity index (χ4v) is 2.97. The topological polar surface area (TPSA) is 46.9 Å². The molecule has 0 atom stereocenters. The Morgan fingerprint density at radius 3 is 2.32 bits per heavy atom. The molecule has 4 aromatic rings. The second-order valence-corrected chi connectivity index (χ2v) is 5.97. The summed E-state index contributed by atoms with van der Waals surface area (Å²) in [4.78, 5) is 16.7. The highest BCUT2D eigenvalue weighted by Crippen LogP contribution is 2.25. The highest BCUT2D eigenvalue weighted by atomic mass is 35.5. The van der Waals surface area contributed by atoms with E-state index in [1.807, 2.05) is 65.2 Å². The van der Waals surface area contributed by atoms with E-state index in [2.05, 4.69) is 10.3 Å². The van der Waals surface area contributed by atoms with Crippen LogP contribution < -0.4 is 10.7 Å². The van der Waals surface area contributed by atoms with Crippen LogP contribution in [0, 0.1) is 0 Å². The molecule has 0 spiro atoms. The minimum Gasteiger partial charge on any atom is -0.341 e. The van der Waals surface area contributed by atoms with Crippen LogP contribution in [0.4, 0.5) is 11.5 Å². The van der Waals surface area contributed by atoms with Gasteiger partial charge in [0.05, 0.1) is 17.1 Å². The number of rotatable bonds is 3. The molecule has 25 heavy (non-hydrogen) atoms. The molecular formula is C20H14ClN3O. The predicted molar refractivity (Wildman–Crippen MR) is 102 cm³/mol. The fourth-order valence-electron chi connectivity index (χ4n) is 2.81. The van der Waals surface area contributed by atoms with Gasteiger partial charge in [-0.3, -0.25) is 9.36 Å². The molecule has 0 amide bonds. The fraction of sp³-hybridized carbons (Fsp3) is 0. The van der Waals surface area contributed by atoms with E-state index in [1.165, 1.54) is 0 Å². The third-order valence-electron chi connectivity index (χ3n) is 3.93. The van der Waals surface area contributed by atoms with E-state index in [4.69, 9.17) is 11.6 Å². The Balaban J connectivity index is 2.01. The first-order valence-electron chi connectivity index (χ1n) is 7.81. The van der Waals surface area contributed by atoms with Crippen molar-refractivity contribution in [3.63, 3.8) is 0 Å². The molecule has 0 fully saturated rings. The lowest BCUT2D eigenvalue weighted by atomic mass is 10.2. The third-order valence-corrected chi connectivity index (χ3v) is 4.13. The Morgan fingerprint density at radius 1 is 0.920 bits per heavy atom. The van der Waals surface area contributed by atoms with Crippen molar-refractivity contribution in [2.45, 2.75) is 0 Å². The summed E-state index contributed by atoms with van der Waals surface area (Å²) in [7, 11) is 0. The summed E-state index contributed by atoms with van der Waals surface area (Å²) < 4.78 is 1.97. The lowest BCUT2D eigenvalue weighted by Gasteiger charge is -2.18. The number of pyridine rings is 2. The molecular weight excluding hydrogens is 334 g/mol. The van der Waals surface area contributed by atoms with Gasteiger partial charge in [0, 0.05) is 17.4 Å². The Bertz CT molecular complexity index is 1090. The first kappa shape index (κ1) is 15.4. The second-order valence-electron chi connectivity index (χ2n) is 5.58. The summed E-state index contributed by atoms with van der Waals surface area (Å²) in [6.07, 6.45) is 1.63. The van der Waals surface area contributed by atoms with E-state index in [1.54, 1.807) is 18.3 Å². The van der Waals surface area contributed by atoms with E-state index in [0.717, 1.165) is 11.4 Å². The van der Waals surface area contributed by atoms with Crippen LogP contribution >= 0.6 is 11.6 Å². The average molecular weight is 348 g/mol. The van der Waals surface area contributed by atoms with Crippen LogP contribution in [0.25, 0.3) is 16.6 Å². The molecule has 1 N–H and O–H groups in total. The van der Waals surface area contributed by atoms with Crippen molar-refractivity contribution >= 4 is 34.0 Å². The van der Waals surface area contributed by atoms with E-state index in [0.29, 0.717) is 21.9 Å². The number of hydrogen-bond donors (Lipinski definition) is 1. The van der Waals surface area contributed by atoms with Crippen molar-refractivity contribution in [1.82, 2.24) is 9.55 Å². The van der Waals surface area contributed by atoms with Gasteiger partial charge in [0.15, 0.2) is 5.43 Å². The quantitative estimate of drug-likeness (QED) is 0.542. The normalized spacial score (nSPS) is 10.8. The van der Waals surface area contributed by atoms with Gasteiger partial charge in [-0.2, -0.15) is 0 Å². The number of halogens is 1. The zero-order valence-corrected chi connectivity index (χ0v) is 13.9. The summed E-state index contributed by atoms with van der Waals surface area (Å²) in [5, 5.41) is 4.15. The minimum absolute atomic E-state index is 0.107. The first-order chi connectivity index (χ1) is 12.2. The van der Waals surface area contributed by atoms with Crippen molar-refractivity contribution in [1.29, 1.82) is 0 Å². The van der Waals surface area contributed by atoms with Gasteiger partial charge in [-0.05, 0) is 30.3 Å². The van der Waals surface area contributed by atoms with Gasteiger partial charge in [0.1, 0.15) is 11.0 Å². The zero-order valence-electron chi connectivity index (χ0n) is 13.2. The van der Waals surface area contributed by atoms with Gasteiger partial charge in [0.25, 0.3) is 0 Å². The Kier molecular flexibility index (Phi) is 3.96. The van der Waals surface area contributed by atoms with Crippen LogP contribution in [-0.4, -0.2) is 9.55 Å². The van der Waals surface area contributed by atoms with E-state index < -0.39 is 0 Å². The molecule has 0 saturated carbocycles. The van der Waals surface area contributed by atoms with Gasteiger partial charge >= 0.3 is 0 Å². The number of hydrogen-bond acceptors (Lipinski definition) is 3. The molecule has 2 heterocycles. The molecule has 0 aliphatic carbocycles. The van der Waals surface area contributed by atoms with Crippen LogP contribution in [0.2, 0.25) is 5.15 Å². The molecule has 2 aromatic heterocycles. The first-order valence-corrected chi connectivity index (χ1v) is 8.19. The summed E-state index contributed by atoms with van der Waals surface area (Å²) >= 11 is 5.98. The van der Waals surface area contributed by atoms with Crippen molar-refractivity contribution < 1.29 is 0 Å². The van der Waals surface area contributed by atoms with Crippen molar-refractivity contribution in [3.8, 4) is 5.69 Å². The van der Waals surface area contributed by atoms with Crippen LogP contribution in [0.15, 0.2) is 83.8 Å². The van der Waals surface area contributed by atoms with E-state index in [-0.39, 0.29) is 5.43 Å². The van der Waals surface area contributed by atoms with Crippen molar-refractivity contribution in [2.75, 3.05) is 5.32 Å². The molecule has 0 aliphatic heterocycles. The highest BCUT2D eigenvalue weighted by molar-refractivity contribution is 6.30. The standard InChI is InChI=1S/C20H14ClN3O/c21-19-11-16-17(13-22-19)24(15-9-5-2-6-10-15)20(12-18(16)25)23-14-7-3-1-4-8-14/h1-13,23H. The molecule has 2 aromatic carbocycles. The van der Waals surface area contributed by atoms with Crippen LogP contribution in [0.3, 0.4) is 0 Å². The third kappa shape index (κ3) is 2.99. The van der Waals surface area contributed by atoms with Crippen molar-refractivity contribution in [3.05, 3.63) is 94.4 Å². The number of anilines is 2. The molecule has 0 saturated heterocycles. The summed E-state index contributed by atoms with van der Waals surface area (Å²) in [6.45, 7) is 0. The molecule has 0 unspecified atom stereocenters. The van der Waals surface area contributed by atoms with Gasteiger partial charge in [-0.1, -0.05) is 48.0 Å². The highest BCUT2D eigenvalue weighted by Gasteiger charge is 2.12. The van der Waals surface area contributed by atoms with E-state index in [9.17, 15) is 4.79 Å². The number of para-hydroxylation sites is 2. The number of aromatic nitrogens is 2. The minimum atomic E-state index is -0.107. The Labute approximate surface area is 149 Å². The van der Waals surface area contributed by atoms with Gasteiger partial charge in [-0.25, -0.2) is 4.98 Å². The SMILES string of the molecule is O=c1cc(Nc2ccccc2)n(-c2ccccc2)c2cnc(Cl)cc12. The lowest BCUT2D eigenvalue weighted by molar-refractivity contribution is 1.09. The molecule has 5 heteroatoms. The maximum Gasteiger partial charge on any atom is 0.191 e. The molecule has 122 valence electrons. The number of fused-ring (bicyclic) bond motifs is 1. The smallest absolute Gasteiger partial charge is 0.191 e. The predicted octanol–water partition coefficient (Wildman–Crippen LogP) is 4.78. The largest absolute Gasteiger partial charge is 0.341 e. The number of benzene rings is 2. The summed E-state index contributed by atoms with van der Waals surface area (Å²) in [5.74, 6) is 0.666. The molecule has 4 nitrogen and oxygen atoms in total. The second kappa shape index (κ2) is 6.42. The average Bonchev–Trinajstić information content (AvgIpc) is 2.64. The van der Waals surface area contributed by atoms with Crippen LogP contribution in [0.5, 0.6) is 0 Å². The maximum atomic E-state index is 12.6. The lowest BCUT2D eigenvalue weighted by Crippen LogP contribution is -2.12. The van der Waals surface area contributed by atoms with Gasteiger partial charge < -0.3 is 5.32 Å². The number of nitrogens with zero attached hydrogens (tertiary/aromatic N) is 2. The Morgan fingerprint density at radius 2 is 1.60 bits per heavy atom. The monoisotopic (exact) mass is 347 g/mol. The zero-order chi connectivity index (χ0) is 17.2. The van der Waals surface area contributed by atoms with Gasteiger partial charge in [-0.15, -0.1) is 0 Å². The van der Waals surface area contributed by atoms with Gasteiger partial charge in [0.2, 0.25) is 0 Å². The molecule has 0 aliphatic rings. The summed E-state index contributed by atoms with van der Waals surface area (Å²) in [5.41, 5.74) is 2.41. The molecule has 0 radical (unpaired) electrons. The summed E-state index contributed by atoms with van der Waals surface area (Å²) in [6, 6.07) is 22.7. The van der Waals surface area contributed by atoms with Crippen LogP contribution in [-0.2, 0) is 0 Å².